The highest BCUT2D eigenvalue weighted by Crippen LogP contribution is 2.39. The number of nitrogens with zero attached hydrogens (tertiary/aromatic N) is 1. The first-order chi connectivity index (χ1) is 7.18. The van der Waals surface area contributed by atoms with E-state index in [4.69, 9.17) is 0 Å². The quantitative estimate of drug-likeness (QED) is 0.509. The van der Waals surface area contributed by atoms with E-state index in [1.807, 2.05) is 40.6 Å². The Morgan fingerprint density at radius 3 is 2.80 bits per heavy atom. The number of carbonyl (C=O) groups excluding carboxylic acids is 1. The Kier molecular flexibility index (Phi) is 6.77. The first kappa shape index (κ1) is 13.4. The lowest BCUT2D eigenvalue weighted by Crippen LogP contribution is -2.21. The standard InChI is InChI=1S/C11H21NOS2/c1-12(2)9-10(13)5-3-4-6-11-7-8-14-15-11/h11H,3-9H2,1-2H3/t11-/m1/s1. The zero-order valence-corrected chi connectivity index (χ0v) is 11.3. The Balaban J connectivity index is 1.94. The van der Waals surface area contributed by atoms with E-state index in [9.17, 15) is 4.79 Å². The molecule has 0 aromatic carbocycles. The number of likely N-dealkylation sites (N-methyl/N-ethyl adjacent to an activating group) is 1. The Hall–Kier alpha value is 0.330. The van der Waals surface area contributed by atoms with Crippen LogP contribution < -0.4 is 0 Å². The number of unbranched alkanes of at least 4 members (excludes halogenated alkanes) is 1. The van der Waals surface area contributed by atoms with Gasteiger partial charge in [-0.1, -0.05) is 28.0 Å². The number of hydrogen-bond donors (Lipinski definition) is 0. The van der Waals surface area contributed by atoms with Crippen LogP contribution in [0, 0.1) is 0 Å². The van der Waals surface area contributed by atoms with E-state index in [2.05, 4.69) is 0 Å². The van der Waals surface area contributed by atoms with Crippen molar-refractivity contribution < 1.29 is 4.79 Å². The molecule has 1 heterocycles. The minimum absolute atomic E-state index is 0.383. The molecule has 1 aliphatic rings. The average Bonchev–Trinajstić information content (AvgIpc) is 2.63. The molecule has 88 valence electrons. The zero-order valence-electron chi connectivity index (χ0n) is 9.70. The molecule has 1 saturated heterocycles. The molecule has 0 bridgehead atoms. The van der Waals surface area contributed by atoms with Crippen molar-refractivity contribution in [3.8, 4) is 0 Å². The van der Waals surface area contributed by atoms with Gasteiger partial charge in [-0.2, -0.15) is 0 Å². The van der Waals surface area contributed by atoms with Crippen LogP contribution in [0.25, 0.3) is 0 Å². The van der Waals surface area contributed by atoms with Crippen molar-refractivity contribution in [3.63, 3.8) is 0 Å². The van der Waals surface area contributed by atoms with Gasteiger partial charge >= 0.3 is 0 Å². The summed E-state index contributed by atoms with van der Waals surface area (Å²) in [5, 5.41) is 0.860. The fraction of sp³-hybridized carbons (Fsp3) is 0.909. The number of ketones is 1. The molecule has 2 nitrogen and oxygen atoms in total. The molecule has 1 atom stereocenters. The summed E-state index contributed by atoms with van der Waals surface area (Å²) in [6, 6.07) is 0. The second-order valence-corrected chi connectivity index (χ2v) is 7.14. The summed E-state index contributed by atoms with van der Waals surface area (Å²) in [7, 11) is 7.93. The van der Waals surface area contributed by atoms with E-state index in [1.54, 1.807) is 0 Å². The number of carbonyl (C=O) groups is 1. The highest BCUT2D eigenvalue weighted by molar-refractivity contribution is 8.77. The van der Waals surface area contributed by atoms with E-state index in [1.165, 1.54) is 25.0 Å². The van der Waals surface area contributed by atoms with Crippen molar-refractivity contribution in [1.82, 2.24) is 4.90 Å². The van der Waals surface area contributed by atoms with Crippen molar-refractivity contribution in [2.75, 3.05) is 26.4 Å². The van der Waals surface area contributed by atoms with Gasteiger partial charge in [-0.25, -0.2) is 0 Å². The predicted molar refractivity (Wildman–Crippen MR) is 70.5 cm³/mol. The maximum Gasteiger partial charge on any atom is 0.146 e. The van der Waals surface area contributed by atoms with Gasteiger partial charge in [-0.05, 0) is 33.4 Å². The maximum atomic E-state index is 11.4. The second-order valence-electron chi connectivity index (χ2n) is 4.35. The van der Waals surface area contributed by atoms with Crippen LogP contribution >= 0.6 is 21.6 Å². The molecule has 0 N–H and O–H groups in total. The highest BCUT2D eigenvalue weighted by atomic mass is 33.1. The minimum atomic E-state index is 0.383. The molecule has 0 spiro atoms. The lowest BCUT2D eigenvalue weighted by molar-refractivity contribution is -0.119. The van der Waals surface area contributed by atoms with Crippen LogP contribution in [-0.2, 0) is 4.79 Å². The molecular weight excluding hydrogens is 226 g/mol. The van der Waals surface area contributed by atoms with Crippen LogP contribution in [0.5, 0.6) is 0 Å². The number of rotatable bonds is 7. The van der Waals surface area contributed by atoms with Crippen LogP contribution in [0.3, 0.4) is 0 Å². The summed E-state index contributed by atoms with van der Waals surface area (Å²) < 4.78 is 0. The SMILES string of the molecule is CN(C)CC(=O)CCCC[C@@H]1CCSS1. The normalized spacial score (nSPS) is 21.1. The summed E-state index contributed by atoms with van der Waals surface area (Å²) in [5.41, 5.74) is 0. The van der Waals surface area contributed by atoms with E-state index in [-0.39, 0.29) is 0 Å². The van der Waals surface area contributed by atoms with Gasteiger partial charge in [-0.3, -0.25) is 4.79 Å². The fourth-order valence-electron chi connectivity index (χ4n) is 1.69. The van der Waals surface area contributed by atoms with E-state index >= 15 is 0 Å². The topological polar surface area (TPSA) is 20.3 Å². The lowest BCUT2D eigenvalue weighted by Gasteiger charge is -2.09. The molecule has 0 aromatic rings. The summed E-state index contributed by atoms with van der Waals surface area (Å²) in [4.78, 5) is 13.3. The van der Waals surface area contributed by atoms with Crippen molar-refractivity contribution in [2.24, 2.45) is 0 Å². The maximum absolute atomic E-state index is 11.4. The van der Waals surface area contributed by atoms with Crippen molar-refractivity contribution in [2.45, 2.75) is 37.4 Å². The van der Waals surface area contributed by atoms with Crippen LogP contribution in [-0.4, -0.2) is 42.3 Å². The van der Waals surface area contributed by atoms with Crippen LogP contribution in [0.15, 0.2) is 0 Å². The third-order valence-corrected chi connectivity index (χ3v) is 5.46. The molecule has 1 fully saturated rings. The third kappa shape index (κ3) is 6.48. The monoisotopic (exact) mass is 247 g/mol. The van der Waals surface area contributed by atoms with Gasteiger partial charge in [0.1, 0.15) is 5.78 Å². The molecule has 0 unspecified atom stereocenters. The van der Waals surface area contributed by atoms with Crippen LogP contribution in [0.1, 0.15) is 32.1 Å². The van der Waals surface area contributed by atoms with Gasteiger partial charge in [0.25, 0.3) is 0 Å². The molecule has 1 rings (SSSR count). The molecule has 0 radical (unpaired) electrons. The van der Waals surface area contributed by atoms with Crippen LogP contribution in [0.4, 0.5) is 0 Å². The summed E-state index contributed by atoms with van der Waals surface area (Å²) in [6.45, 7) is 0.605. The first-order valence-corrected chi connectivity index (χ1v) is 8.01. The summed E-state index contributed by atoms with van der Waals surface area (Å²) in [5.74, 6) is 1.70. The van der Waals surface area contributed by atoms with E-state index < -0.39 is 0 Å². The fourth-order valence-corrected chi connectivity index (χ4v) is 4.72. The Labute approximate surface area is 101 Å². The Morgan fingerprint density at radius 1 is 1.40 bits per heavy atom. The number of hydrogen-bond acceptors (Lipinski definition) is 4. The number of Topliss-reactive ketones (excluding diaryl/α,β-unsaturated/α-hetero) is 1. The predicted octanol–water partition coefficient (Wildman–Crippen LogP) is 2.83. The summed E-state index contributed by atoms with van der Waals surface area (Å²) in [6.07, 6.45) is 5.72. The zero-order chi connectivity index (χ0) is 11.1. The van der Waals surface area contributed by atoms with E-state index in [0.29, 0.717) is 12.3 Å². The van der Waals surface area contributed by atoms with Gasteiger partial charge in [0.05, 0.1) is 6.54 Å². The van der Waals surface area contributed by atoms with Gasteiger partial charge in [0, 0.05) is 17.4 Å². The van der Waals surface area contributed by atoms with Gasteiger partial charge < -0.3 is 4.90 Å². The lowest BCUT2D eigenvalue weighted by atomic mass is 10.1. The second kappa shape index (κ2) is 7.58. The third-order valence-electron chi connectivity index (χ3n) is 2.45. The molecule has 0 aromatic heterocycles. The minimum Gasteiger partial charge on any atom is -0.302 e. The Morgan fingerprint density at radius 2 is 2.20 bits per heavy atom. The molecule has 15 heavy (non-hydrogen) atoms. The largest absolute Gasteiger partial charge is 0.302 e. The van der Waals surface area contributed by atoms with Crippen molar-refractivity contribution in [1.29, 1.82) is 0 Å². The van der Waals surface area contributed by atoms with E-state index in [0.717, 1.165) is 18.1 Å². The first-order valence-electron chi connectivity index (χ1n) is 5.63. The molecular formula is C11H21NOS2. The summed E-state index contributed by atoms with van der Waals surface area (Å²) >= 11 is 0. The molecule has 0 amide bonds. The molecule has 1 aliphatic heterocycles. The van der Waals surface area contributed by atoms with Crippen molar-refractivity contribution in [3.05, 3.63) is 0 Å². The smallest absolute Gasteiger partial charge is 0.146 e. The molecule has 0 aliphatic carbocycles. The Bertz CT molecular complexity index is 191. The van der Waals surface area contributed by atoms with Gasteiger partial charge in [-0.15, -0.1) is 0 Å². The van der Waals surface area contributed by atoms with Gasteiger partial charge in [0.15, 0.2) is 0 Å². The van der Waals surface area contributed by atoms with Gasteiger partial charge in [0.2, 0.25) is 0 Å². The average molecular weight is 247 g/mol. The highest BCUT2D eigenvalue weighted by Gasteiger charge is 2.15. The molecule has 0 saturated carbocycles. The molecule has 4 heteroatoms. The van der Waals surface area contributed by atoms with Crippen molar-refractivity contribution >= 4 is 27.4 Å². The van der Waals surface area contributed by atoms with Crippen LogP contribution in [0.2, 0.25) is 0 Å².